The second kappa shape index (κ2) is 10.6. The molecule has 0 aliphatic carbocycles. The van der Waals surface area contributed by atoms with Crippen LogP contribution in [-0.4, -0.2) is 26.4 Å². The van der Waals surface area contributed by atoms with Crippen LogP contribution in [0.3, 0.4) is 0 Å². The van der Waals surface area contributed by atoms with Crippen molar-refractivity contribution in [2.75, 3.05) is 0 Å². The fraction of sp³-hybridized carbons (Fsp3) is 0.0938. The van der Waals surface area contributed by atoms with E-state index in [1.54, 1.807) is 25.3 Å². The molecule has 0 aliphatic heterocycles. The number of aromatic nitrogens is 2. The van der Waals surface area contributed by atoms with E-state index >= 15 is 0 Å². The first-order valence-electron chi connectivity index (χ1n) is 12.4. The zero-order chi connectivity index (χ0) is 27.7. The van der Waals surface area contributed by atoms with E-state index in [1.807, 2.05) is 60.8 Å². The maximum Gasteiger partial charge on any atom is 0.337 e. The second-order valence-corrected chi connectivity index (χ2v) is 9.77. The lowest BCUT2D eigenvalue weighted by molar-refractivity contribution is -0.111. The molecule has 5 rings (SSSR count). The number of pyridine rings is 1. The molecule has 0 aliphatic rings. The Hall–Kier alpha value is -4.68. The van der Waals surface area contributed by atoms with Gasteiger partial charge in [0.1, 0.15) is 6.04 Å². The maximum atomic E-state index is 12.5. The number of halogens is 1. The summed E-state index contributed by atoms with van der Waals surface area (Å²) in [5, 5.41) is 10.5. The molecule has 0 radical (unpaired) electrons. The van der Waals surface area contributed by atoms with Gasteiger partial charge in [0, 0.05) is 34.6 Å². The Balaban J connectivity index is 1.84. The molecule has 39 heavy (non-hydrogen) atoms. The van der Waals surface area contributed by atoms with Crippen LogP contribution >= 0.6 is 11.6 Å². The van der Waals surface area contributed by atoms with Crippen molar-refractivity contribution in [2.24, 2.45) is 5.73 Å². The van der Waals surface area contributed by atoms with Crippen LogP contribution in [0.2, 0.25) is 5.02 Å². The van der Waals surface area contributed by atoms with Crippen LogP contribution in [0.25, 0.3) is 27.6 Å². The van der Waals surface area contributed by atoms with E-state index in [0.717, 1.165) is 33.3 Å². The SMILES string of the molecule is CC(=O)C(=C(C)N)c1ccc2c(-c3ccc(C(=O)O)c(Cl)c3)cn(C(c3ccccc3)c3ccccn3)c2c1. The summed E-state index contributed by atoms with van der Waals surface area (Å²) >= 11 is 6.37. The van der Waals surface area contributed by atoms with Gasteiger partial charge in [-0.15, -0.1) is 0 Å². The fourth-order valence-electron chi connectivity index (χ4n) is 5.06. The molecule has 3 N–H and O–H groups in total. The summed E-state index contributed by atoms with van der Waals surface area (Å²) in [6, 6.07) is 26.3. The number of hydrogen-bond acceptors (Lipinski definition) is 4. The number of nitrogens with zero attached hydrogens (tertiary/aromatic N) is 2. The summed E-state index contributed by atoms with van der Waals surface area (Å²) in [4.78, 5) is 28.8. The number of nitrogens with two attached hydrogens (primary N) is 1. The minimum Gasteiger partial charge on any atom is -0.478 e. The fourth-order valence-corrected chi connectivity index (χ4v) is 5.32. The minimum atomic E-state index is -1.08. The van der Waals surface area contributed by atoms with E-state index in [9.17, 15) is 14.7 Å². The molecule has 0 saturated heterocycles. The van der Waals surface area contributed by atoms with E-state index < -0.39 is 5.97 Å². The summed E-state index contributed by atoms with van der Waals surface area (Å²) in [5.74, 6) is -1.20. The molecule has 0 fully saturated rings. The summed E-state index contributed by atoms with van der Waals surface area (Å²) in [5.41, 5.74) is 12.2. The van der Waals surface area contributed by atoms with Crippen molar-refractivity contribution in [3.63, 3.8) is 0 Å². The lowest BCUT2D eigenvalue weighted by Crippen LogP contribution is -2.13. The number of benzene rings is 3. The van der Waals surface area contributed by atoms with Crippen LogP contribution in [0.4, 0.5) is 0 Å². The number of aromatic carboxylic acids is 1. The molecular weight excluding hydrogens is 510 g/mol. The number of Topliss-reactive ketones (excluding diaryl/α,β-unsaturated/α-hetero) is 1. The second-order valence-electron chi connectivity index (χ2n) is 9.36. The van der Waals surface area contributed by atoms with Gasteiger partial charge in [-0.3, -0.25) is 9.78 Å². The van der Waals surface area contributed by atoms with Crippen molar-refractivity contribution >= 4 is 39.8 Å². The van der Waals surface area contributed by atoms with E-state index in [1.165, 1.54) is 13.0 Å². The molecule has 0 saturated carbocycles. The number of rotatable bonds is 7. The molecule has 7 heteroatoms. The van der Waals surface area contributed by atoms with Crippen LogP contribution in [0, 0.1) is 0 Å². The lowest BCUT2D eigenvalue weighted by Gasteiger charge is -2.21. The Morgan fingerprint density at radius 3 is 2.31 bits per heavy atom. The first-order chi connectivity index (χ1) is 18.8. The zero-order valence-electron chi connectivity index (χ0n) is 21.4. The average Bonchev–Trinajstić information content (AvgIpc) is 3.28. The number of carbonyl (C=O) groups is 2. The smallest absolute Gasteiger partial charge is 0.337 e. The standard InChI is InChI=1S/C32H26ClN3O3/c1-19(34)30(20(2)37)23-12-13-24-26(22-11-14-25(32(38)39)27(33)16-22)18-36(29(24)17-23)31(21-8-4-3-5-9-21)28-10-6-7-15-35-28/h3-18,31H,34H2,1-2H3,(H,38,39). The van der Waals surface area contributed by atoms with Crippen LogP contribution in [0.15, 0.2) is 103 Å². The van der Waals surface area contributed by atoms with Gasteiger partial charge in [-0.25, -0.2) is 4.79 Å². The normalized spacial score (nSPS) is 12.7. The van der Waals surface area contributed by atoms with Gasteiger partial charge in [0.05, 0.1) is 21.8 Å². The summed E-state index contributed by atoms with van der Waals surface area (Å²) in [6.45, 7) is 3.23. The number of fused-ring (bicyclic) bond motifs is 1. The van der Waals surface area contributed by atoms with Crippen molar-refractivity contribution < 1.29 is 14.7 Å². The Morgan fingerprint density at radius 2 is 1.69 bits per heavy atom. The number of hydrogen-bond donors (Lipinski definition) is 2. The third-order valence-corrected chi connectivity index (χ3v) is 7.05. The molecule has 0 amide bonds. The molecule has 5 aromatic rings. The number of allylic oxidation sites excluding steroid dienone is 2. The molecule has 6 nitrogen and oxygen atoms in total. The van der Waals surface area contributed by atoms with Gasteiger partial charge < -0.3 is 15.4 Å². The maximum absolute atomic E-state index is 12.5. The van der Waals surface area contributed by atoms with Gasteiger partial charge >= 0.3 is 5.97 Å². The molecule has 0 spiro atoms. The van der Waals surface area contributed by atoms with Crippen molar-refractivity contribution in [2.45, 2.75) is 19.9 Å². The van der Waals surface area contributed by atoms with E-state index in [-0.39, 0.29) is 22.4 Å². The van der Waals surface area contributed by atoms with Crippen LogP contribution < -0.4 is 5.73 Å². The van der Waals surface area contributed by atoms with Gasteiger partial charge in [0.15, 0.2) is 5.78 Å². The first kappa shape index (κ1) is 25.9. The molecule has 1 atom stereocenters. The van der Waals surface area contributed by atoms with Gasteiger partial charge in [0.25, 0.3) is 0 Å². The zero-order valence-corrected chi connectivity index (χ0v) is 22.2. The lowest BCUT2D eigenvalue weighted by atomic mass is 9.97. The number of ketones is 1. The number of carbonyl (C=O) groups excluding carboxylic acids is 1. The van der Waals surface area contributed by atoms with Gasteiger partial charge in [-0.1, -0.05) is 66.2 Å². The molecule has 3 aromatic carbocycles. The molecule has 1 unspecified atom stereocenters. The quantitative estimate of drug-likeness (QED) is 0.219. The van der Waals surface area contributed by atoms with Crippen molar-refractivity contribution in [1.29, 1.82) is 0 Å². The summed E-state index contributed by atoms with van der Waals surface area (Å²) in [7, 11) is 0. The number of carboxylic acid groups (broad SMARTS) is 1. The monoisotopic (exact) mass is 535 g/mol. The molecular formula is C32H26ClN3O3. The van der Waals surface area contributed by atoms with E-state index in [4.69, 9.17) is 17.3 Å². The highest BCUT2D eigenvalue weighted by molar-refractivity contribution is 6.33. The van der Waals surface area contributed by atoms with Crippen molar-refractivity contribution in [1.82, 2.24) is 9.55 Å². The first-order valence-corrected chi connectivity index (χ1v) is 12.8. The Bertz CT molecular complexity index is 1700. The van der Waals surface area contributed by atoms with Crippen LogP contribution in [-0.2, 0) is 4.79 Å². The highest BCUT2D eigenvalue weighted by atomic mass is 35.5. The van der Waals surface area contributed by atoms with Crippen LogP contribution in [0.1, 0.15) is 47.1 Å². The minimum absolute atomic E-state index is 0.0387. The van der Waals surface area contributed by atoms with Gasteiger partial charge in [0.2, 0.25) is 0 Å². The third kappa shape index (κ3) is 4.94. The number of carboxylic acids is 1. The Labute approximate surface area is 231 Å². The Morgan fingerprint density at radius 1 is 0.949 bits per heavy atom. The average molecular weight is 536 g/mol. The van der Waals surface area contributed by atoms with Crippen molar-refractivity contribution in [3.05, 3.63) is 130 Å². The molecule has 194 valence electrons. The van der Waals surface area contributed by atoms with Gasteiger partial charge in [-0.05, 0) is 60.9 Å². The summed E-state index contributed by atoms with van der Waals surface area (Å²) in [6.07, 6.45) is 3.79. The molecule has 2 heterocycles. The third-order valence-electron chi connectivity index (χ3n) is 6.74. The predicted octanol–water partition coefficient (Wildman–Crippen LogP) is 6.97. The highest BCUT2D eigenvalue weighted by Gasteiger charge is 2.23. The summed E-state index contributed by atoms with van der Waals surface area (Å²) < 4.78 is 2.13. The Kier molecular flexibility index (Phi) is 7.05. The predicted molar refractivity (Wildman–Crippen MR) is 155 cm³/mol. The van der Waals surface area contributed by atoms with E-state index in [0.29, 0.717) is 16.8 Å². The molecule has 2 aromatic heterocycles. The topological polar surface area (TPSA) is 98.2 Å². The highest BCUT2D eigenvalue weighted by Crippen LogP contribution is 2.39. The molecule has 0 bridgehead atoms. The van der Waals surface area contributed by atoms with Crippen LogP contribution in [0.5, 0.6) is 0 Å². The largest absolute Gasteiger partial charge is 0.478 e. The van der Waals surface area contributed by atoms with Gasteiger partial charge in [-0.2, -0.15) is 0 Å². The van der Waals surface area contributed by atoms with E-state index in [2.05, 4.69) is 21.7 Å². The van der Waals surface area contributed by atoms with Crippen molar-refractivity contribution in [3.8, 4) is 11.1 Å².